The van der Waals surface area contributed by atoms with Crippen LogP contribution in [0.1, 0.15) is 52.8 Å². The molecule has 2 atom stereocenters. The molecule has 1 N–H and O–H groups in total. The van der Waals surface area contributed by atoms with E-state index in [1.165, 1.54) is 12.1 Å². The van der Waals surface area contributed by atoms with E-state index in [1.54, 1.807) is 4.90 Å². The molecule has 1 aromatic carbocycles. The number of hydrogen-bond acceptors (Lipinski definition) is 2. The van der Waals surface area contributed by atoms with Gasteiger partial charge in [-0.2, -0.15) is 0 Å². The van der Waals surface area contributed by atoms with Gasteiger partial charge in [-0.25, -0.2) is 9.18 Å². The van der Waals surface area contributed by atoms with Gasteiger partial charge < -0.3 is 10.0 Å². The molecule has 21 heavy (non-hydrogen) atoms. The molecule has 1 amide bonds. The average molecular weight is 291 g/mol. The number of carbonyl (C=O) groups is 2. The van der Waals surface area contributed by atoms with E-state index in [0.717, 1.165) is 38.2 Å². The number of nitrogens with zero attached hydrogens (tertiary/aromatic N) is 1. The molecule has 112 valence electrons. The summed E-state index contributed by atoms with van der Waals surface area (Å²) in [5, 5.41) is 8.85. The van der Waals surface area contributed by atoms with Gasteiger partial charge in [-0.1, -0.05) is 6.42 Å². The van der Waals surface area contributed by atoms with Crippen molar-refractivity contribution in [3.8, 4) is 0 Å². The number of hydrogen-bond donors (Lipinski definition) is 1. The number of fused-ring (bicyclic) bond motifs is 1. The molecular formula is C16H18FNO3. The van der Waals surface area contributed by atoms with Gasteiger partial charge in [0.2, 0.25) is 0 Å². The molecule has 1 aromatic rings. The van der Waals surface area contributed by atoms with Gasteiger partial charge in [0.05, 0.1) is 11.1 Å². The summed E-state index contributed by atoms with van der Waals surface area (Å²) in [6, 6.07) is 3.73. The van der Waals surface area contributed by atoms with Gasteiger partial charge in [-0.15, -0.1) is 0 Å². The van der Waals surface area contributed by atoms with Crippen LogP contribution in [0.15, 0.2) is 18.2 Å². The fraction of sp³-hybridized carbons (Fsp3) is 0.500. The fourth-order valence-corrected chi connectivity index (χ4v) is 3.68. The van der Waals surface area contributed by atoms with Crippen LogP contribution in [0, 0.1) is 11.7 Å². The van der Waals surface area contributed by atoms with Crippen molar-refractivity contribution in [2.75, 3.05) is 6.54 Å². The number of halogens is 1. The number of benzene rings is 1. The van der Waals surface area contributed by atoms with E-state index in [9.17, 15) is 14.0 Å². The quantitative estimate of drug-likeness (QED) is 0.911. The normalized spacial score (nSPS) is 24.7. The zero-order valence-corrected chi connectivity index (χ0v) is 11.7. The summed E-state index contributed by atoms with van der Waals surface area (Å²) in [7, 11) is 0. The molecule has 4 nitrogen and oxygen atoms in total. The van der Waals surface area contributed by atoms with Crippen molar-refractivity contribution in [1.82, 2.24) is 4.90 Å². The van der Waals surface area contributed by atoms with E-state index in [2.05, 4.69) is 0 Å². The van der Waals surface area contributed by atoms with E-state index in [0.29, 0.717) is 12.5 Å². The first-order chi connectivity index (χ1) is 10.1. The van der Waals surface area contributed by atoms with Gasteiger partial charge in [0.1, 0.15) is 5.82 Å². The molecule has 3 rings (SSSR count). The number of likely N-dealkylation sites (tertiary alicyclic amines) is 1. The molecule has 1 saturated heterocycles. The standard InChI is InChI=1S/C16H18FNO3/c17-13-9-11(16(20)21)6-7-12(13)15(19)18-8-2-4-10-3-1-5-14(10)18/h6-7,9-10,14H,1-5,8H2,(H,20,21). The Bertz CT molecular complexity index is 587. The Morgan fingerprint density at radius 1 is 1.19 bits per heavy atom. The van der Waals surface area contributed by atoms with Crippen molar-refractivity contribution < 1.29 is 19.1 Å². The fourth-order valence-electron chi connectivity index (χ4n) is 3.68. The molecule has 2 aliphatic rings. The summed E-state index contributed by atoms with van der Waals surface area (Å²) in [5.41, 5.74) is -0.158. The monoisotopic (exact) mass is 291 g/mol. The highest BCUT2D eigenvalue weighted by Gasteiger charge is 2.38. The number of rotatable bonds is 2. The second-order valence-electron chi connectivity index (χ2n) is 5.90. The van der Waals surface area contributed by atoms with Crippen molar-refractivity contribution in [3.05, 3.63) is 35.1 Å². The molecule has 1 aliphatic carbocycles. The lowest BCUT2D eigenvalue weighted by molar-refractivity contribution is 0.0542. The molecule has 0 radical (unpaired) electrons. The second-order valence-corrected chi connectivity index (χ2v) is 5.90. The number of carbonyl (C=O) groups excluding carboxylic acids is 1. The van der Waals surface area contributed by atoms with Gasteiger partial charge in [0.25, 0.3) is 5.91 Å². The van der Waals surface area contributed by atoms with Crippen LogP contribution < -0.4 is 0 Å². The molecule has 0 bridgehead atoms. The summed E-state index contributed by atoms with van der Waals surface area (Å²) in [5.74, 6) is -1.70. The summed E-state index contributed by atoms with van der Waals surface area (Å²) in [6.07, 6.45) is 5.37. The van der Waals surface area contributed by atoms with Gasteiger partial charge in [-0.05, 0) is 49.8 Å². The number of aromatic carboxylic acids is 1. The van der Waals surface area contributed by atoms with Crippen LogP contribution in [0.5, 0.6) is 0 Å². The smallest absolute Gasteiger partial charge is 0.335 e. The molecule has 1 saturated carbocycles. The topological polar surface area (TPSA) is 57.6 Å². The SMILES string of the molecule is O=C(O)c1ccc(C(=O)N2CCCC3CCCC32)c(F)c1. The first kappa shape index (κ1) is 14.0. The van der Waals surface area contributed by atoms with Crippen LogP contribution in [0.25, 0.3) is 0 Å². The Balaban J connectivity index is 1.86. The summed E-state index contributed by atoms with van der Waals surface area (Å²) in [4.78, 5) is 25.2. The minimum atomic E-state index is -1.19. The van der Waals surface area contributed by atoms with E-state index in [4.69, 9.17) is 5.11 Å². The highest BCUT2D eigenvalue weighted by atomic mass is 19.1. The first-order valence-electron chi connectivity index (χ1n) is 7.41. The number of carboxylic acids is 1. The van der Waals surface area contributed by atoms with Crippen LogP contribution in [0.2, 0.25) is 0 Å². The van der Waals surface area contributed by atoms with Crippen LogP contribution in [0.4, 0.5) is 4.39 Å². The van der Waals surface area contributed by atoms with Crippen LogP contribution in [-0.4, -0.2) is 34.5 Å². The largest absolute Gasteiger partial charge is 0.478 e. The lowest BCUT2D eigenvalue weighted by Gasteiger charge is -2.37. The Labute approximate surface area is 122 Å². The zero-order chi connectivity index (χ0) is 15.0. The maximum atomic E-state index is 14.0. The summed E-state index contributed by atoms with van der Waals surface area (Å²) in [6.45, 7) is 0.667. The molecule has 5 heteroatoms. The lowest BCUT2D eigenvalue weighted by atomic mass is 9.91. The van der Waals surface area contributed by atoms with E-state index < -0.39 is 11.8 Å². The lowest BCUT2D eigenvalue weighted by Crippen LogP contribution is -2.46. The van der Waals surface area contributed by atoms with Crippen molar-refractivity contribution >= 4 is 11.9 Å². The summed E-state index contributed by atoms with van der Waals surface area (Å²) < 4.78 is 14.0. The number of piperidine rings is 1. The minimum absolute atomic E-state index is 0.0208. The van der Waals surface area contributed by atoms with Crippen LogP contribution in [-0.2, 0) is 0 Å². The molecular weight excluding hydrogens is 273 g/mol. The highest BCUT2D eigenvalue weighted by Crippen LogP contribution is 2.37. The zero-order valence-electron chi connectivity index (χ0n) is 11.7. The van der Waals surface area contributed by atoms with E-state index in [1.807, 2.05) is 0 Å². The predicted molar refractivity (Wildman–Crippen MR) is 74.8 cm³/mol. The summed E-state index contributed by atoms with van der Waals surface area (Å²) >= 11 is 0. The van der Waals surface area contributed by atoms with Crippen molar-refractivity contribution in [2.24, 2.45) is 5.92 Å². The molecule has 0 aromatic heterocycles. The van der Waals surface area contributed by atoms with Crippen molar-refractivity contribution in [1.29, 1.82) is 0 Å². The molecule has 2 fully saturated rings. The Hall–Kier alpha value is -1.91. The molecule has 0 spiro atoms. The average Bonchev–Trinajstić information content (AvgIpc) is 2.94. The first-order valence-corrected chi connectivity index (χ1v) is 7.41. The molecule has 1 heterocycles. The third kappa shape index (κ3) is 2.52. The third-order valence-corrected chi connectivity index (χ3v) is 4.70. The van der Waals surface area contributed by atoms with Crippen molar-refractivity contribution in [2.45, 2.75) is 38.1 Å². The van der Waals surface area contributed by atoms with Crippen molar-refractivity contribution in [3.63, 3.8) is 0 Å². The van der Waals surface area contributed by atoms with Gasteiger partial charge >= 0.3 is 5.97 Å². The number of amides is 1. The van der Waals surface area contributed by atoms with Gasteiger partial charge in [0, 0.05) is 12.6 Å². The molecule has 2 unspecified atom stereocenters. The highest BCUT2D eigenvalue weighted by molar-refractivity contribution is 5.96. The second kappa shape index (κ2) is 5.47. The third-order valence-electron chi connectivity index (χ3n) is 4.70. The minimum Gasteiger partial charge on any atom is -0.478 e. The van der Waals surface area contributed by atoms with Crippen LogP contribution >= 0.6 is 0 Å². The Kier molecular flexibility index (Phi) is 3.66. The maximum absolute atomic E-state index is 14.0. The van der Waals surface area contributed by atoms with Crippen LogP contribution in [0.3, 0.4) is 0 Å². The maximum Gasteiger partial charge on any atom is 0.335 e. The Morgan fingerprint density at radius 2 is 1.95 bits per heavy atom. The van der Waals surface area contributed by atoms with Gasteiger partial charge in [0.15, 0.2) is 0 Å². The Morgan fingerprint density at radius 3 is 2.67 bits per heavy atom. The number of carboxylic acid groups (broad SMARTS) is 1. The van der Waals surface area contributed by atoms with E-state index >= 15 is 0 Å². The molecule has 1 aliphatic heterocycles. The van der Waals surface area contributed by atoms with Gasteiger partial charge in [-0.3, -0.25) is 4.79 Å². The predicted octanol–water partition coefficient (Wildman–Crippen LogP) is 2.93. The van der Waals surface area contributed by atoms with E-state index in [-0.39, 0.29) is 23.1 Å².